The average molecular weight is 387 g/mol. The first-order chi connectivity index (χ1) is 12.7. The zero-order valence-electron chi connectivity index (χ0n) is 17.1. The Morgan fingerprint density at radius 1 is 1.33 bits per heavy atom. The Bertz CT molecular complexity index is 887. The molecule has 2 unspecified atom stereocenters. The molecule has 2 heterocycles. The van der Waals surface area contributed by atoms with Crippen LogP contribution in [0.2, 0.25) is 0 Å². The standard InChI is InChI=1S/C21H30N4OS/c1-12(2)17(20-25-18-13(3)23-10-9-16(18)27-20)19(22-6)24-15-8-7-14(11-15)21(4,5)26/h9-10,14-15,26H,7-8,11H2,1-6H3,(H,22,24). The average Bonchev–Trinajstić information content (AvgIpc) is 3.21. The van der Waals surface area contributed by atoms with Crippen molar-refractivity contribution in [3.8, 4) is 0 Å². The first kappa shape index (κ1) is 20.0. The summed E-state index contributed by atoms with van der Waals surface area (Å²) in [6.45, 7) is 10.0. The molecular weight excluding hydrogens is 356 g/mol. The van der Waals surface area contributed by atoms with Gasteiger partial charge in [0.1, 0.15) is 16.4 Å². The predicted octanol–water partition coefficient (Wildman–Crippen LogP) is 4.35. The van der Waals surface area contributed by atoms with E-state index < -0.39 is 5.60 Å². The van der Waals surface area contributed by atoms with Crippen molar-refractivity contribution in [1.82, 2.24) is 15.3 Å². The van der Waals surface area contributed by atoms with Crippen LogP contribution in [0.15, 0.2) is 22.8 Å². The van der Waals surface area contributed by atoms with E-state index in [1.54, 1.807) is 11.3 Å². The molecule has 1 aliphatic rings. The van der Waals surface area contributed by atoms with E-state index in [0.717, 1.165) is 51.6 Å². The number of thiazole rings is 1. The van der Waals surface area contributed by atoms with Crippen LogP contribution in [0.5, 0.6) is 0 Å². The molecule has 6 heteroatoms. The lowest BCUT2D eigenvalue weighted by molar-refractivity contribution is 0.0193. The molecular formula is C21H30N4OS. The molecule has 0 spiro atoms. The molecule has 27 heavy (non-hydrogen) atoms. The van der Waals surface area contributed by atoms with Gasteiger partial charge in [-0.15, -0.1) is 11.3 Å². The van der Waals surface area contributed by atoms with E-state index in [4.69, 9.17) is 4.98 Å². The van der Waals surface area contributed by atoms with Crippen molar-refractivity contribution in [2.75, 3.05) is 7.05 Å². The number of rotatable bonds is 4. The second-order valence-corrected chi connectivity index (χ2v) is 9.24. The molecule has 0 saturated heterocycles. The summed E-state index contributed by atoms with van der Waals surface area (Å²) >= 11 is 1.68. The van der Waals surface area contributed by atoms with Gasteiger partial charge in [0.15, 0.2) is 0 Å². The van der Waals surface area contributed by atoms with Crippen LogP contribution < -0.4 is 5.32 Å². The topological polar surface area (TPSA) is 70.4 Å². The zero-order chi connectivity index (χ0) is 19.8. The minimum Gasteiger partial charge on any atom is -0.390 e. The molecule has 1 fully saturated rings. The van der Waals surface area contributed by atoms with Crippen molar-refractivity contribution >= 4 is 33.0 Å². The lowest BCUT2D eigenvalue weighted by Crippen LogP contribution is -2.36. The lowest BCUT2D eigenvalue weighted by atomic mass is 9.89. The molecule has 2 N–H and O–H groups in total. The number of aryl methyl sites for hydroxylation is 1. The van der Waals surface area contributed by atoms with Crippen LogP contribution in [0.4, 0.5) is 0 Å². The van der Waals surface area contributed by atoms with Crippen LogP contribution in [-0.4, -0.2) is 39.6 Å². The third kappa shape index (κ3) is 4.22. The Balaban J connectivity index is 1.87. The van der Waals surface area contributed by atoms with Gasteiger partial charge in [-0.1, -0.05) is 5.57 Å². The summed E-state index contributed by atoms with van der Waals surface area (Å²) in [5.41, 5.74) is 3.55. The number of allylic oxidation sites excluding steroid dienone is 1. The van der Waals surface area contributed by atoms with Crippen LogP contribution in [-0.2, 0) is 0 Å². The number of hydrogen-bond donors (Lipinski definition) is 2. The summed E-state index contributed by atoms with van der Waals surface area (Å²) in [7, 11) is 1.83. The maximum atomic E-state index is 10.3. The molecule has 0 aromatic carbocycles. The Morgan fingerprint density at radius 2 is 2.07 bits per heavy atom. The summed E-state index contributed by atoms with van der Waals surface area (Å²) in [6, 6.07) is 2.35. The van der Waals surface area contributed by atoms with Gasteiger partial charge in [-0.25, -0.2) is 4.98 Å². The third-order valence-electron chi connectivity index (χ3n) is 5.44. The van der Waals surface area contributed by atoms with Gasteiger partial charge in [-0.3, -0.25) is 9.98 Å². The van der Waals surface area contributed by atoms with Crippen LogP contribution in [0, 0.1) is 12.8 Å². The van der Waals surface area contributed by atoms with Gasteiger partial charge in [-0.05, 0) is 65.9 Å². The minimum atomic E-state index is -0.628. The highest BCUT2D eigenvalue weighted by molar-refractivity contribution is 7.19. The molecule has 5 nitrogen and oxygen atoms in total. The van der Waals surface area contributed by atoms with Gasteiger partial charge in [-0.2, -0.15) is 0 Å². The van der Waals surface area contributed by atoms with Crippen LogP contribution in [0.1, 0.15) is 57.7 Å². The van der Waals surface area contributed by atoms with E-state index in [-0.39, 0.29) is 0 Å². The molecule has 1 aliphatic carbocycles. The fourth-order valence-electron chi connectivity index (χ4n) is 3.84. The second kappa shape index (κ2) is 7.68. The van der Waals surface area contributed by atoms with Crippen LogP contribution in [0.3, 0.4) is 0 Å². The number of aromatic nitrogens is 2. The molecule has 2 atom stereocenters. The van der Waals surface area contributed by atoms with Gasteiger partial charge in [0.05, 0.1) is 21.6 Å². The molecule has 0 aliphatic heterocycles. The molecule has 2 aromatic rings. The van der Waals surface area contributed by atoms with Gasteiger partial charge in [0, 0.05) is 19.3 Å². The lowest BCUT2D eigenvalue weighted by Gasteiger charge is -2.26. The van der Waals surface area contributed by atoms with Gasteiger partial charge in [0.2, 0.25) is 0 Å². The maximum absolute atomic E-state index is 10.3. The summed E-state index contributed by atoms with van der Waals surface area (Å²) in [6.07, 6.45) is 4.88. The van der Waals surface area contributed by atoms with E-state index in [1.807, 2.05) is 40.1 Å². The number of nitrogens with zero attached hydrogens (tertiary/aromatic N) is 3. The highest BCUT2D eigenvalue weighted by atomic mass is 32.1. The molecule has 3 rings (SSSR count). The van der Waals surface area contributed by atoms with Crippen molar-refractivity contribution in [1.29, 1.82) is 0 Å². The Kier molecular flexibility index (Phi) is 5.68. The fourth-order valence-corrected chi connectivity index (χ4v) is 5.00. The maximum Gasteiger partial charge on any atom is 0.131 e. The Morgan fingerprint density at radius 3 is 2.63 bits per heavy atom. The van der Waals surface area contributed by atoms with Crippen molar-refractivity contribution in [3.63, 3.8) is 0 Å². The summed E-state index contributed by atoms with van der Waals surface area (Å²) in [5, 5.41) is 14.9. The molecule has 1 saturated carbocycles. The molecule has 0 radical (unpaired) electrons. The third-order valence-corrected chi connectivity index (χ3v) is 6.48. The van der Waals surface area contributed by atoms with Crippen LogP contribution in [0.25, 0.3) is 15.8 Å². The number of hydrogen-bond acceptors (Lipinski definition) is 5. The smallest absolute Gasteiger partial charge is 0.131 e. The predicted molar refractivity (Wildman–Crippen MR) is 114 cm³/mol. The van der Waals surface area contributed by atoms with E-state index in [0.29, 0.717) is 12.0 Å². The van der Waals surface area contributed by atoms with Crippen molar-refractivity contribution in [2.45, 2.75) is 65.5 Å². The van der Waals surface area contributed by atoms with Crippen molar-refractivity contribution < 1.29 is 5.11 Å². The molecule has 0 bridgehead atoms. The van der Waals surface area contributed by atoms with E-state index in [2.05, 4.69) is 29.1 Å². The monoisotopic (exact) mass is 386 g/mol. The highest BCUT2D eigenvalue weighted by Gasteiger charge is 2.35. The quantitative estimate of drug-likeness (QED) is 0.605. The number of nitrogens with one attached hydrogen (secondary N) is 1. The van der Waals surface area contributed by atoms with E-state index in [1.165, 1.54) is 5.57 Å². The fraction of sp³-hybridized carbons (Fsp3) is 0.571. The summed E-state index contributed by atoms with van der Waals surface area (Å²) in [5.74, 6) is 1.21. The molecule has 2 aromatic heterocycles. The van der Waals surface area contributed by atoms with Crippen molar-refractivity contribution in [2.24, 2.45) is 10.9 Å². The first-order valence-electron chi connectivity index (χ1n) is 9.56. The highest BCUT2D eigenvalue weighted by Crippen LogP contribution is 2.35. The summed E-state index contributed by atoms with van der Waals surface area (Å²) in [4.78, 5) is 13.8. The number of amidine groups is 1. The minimum absolute atomic E-state index is 0.319. The zero-order valence-corrected chi connectivity index (χ0v) is 17.9. The number of aliphatic hydroxyl groups is 1. The SMILES string of the molecule is CN=C(NC1CCC(C(C)(C)O)C1)C(=C(C)C)c1nc2c(C)nccc2s1. The number of fused-ring (bicyclic) bond motifs is 1. The van der Waals surface area contributed by atoms with Gasteiger partial charge in [0.25, 0.3) is 0 Å². The number of aliphatic imine (C=N–C) groups is 1. The van der Waals surface area contributed by atoms with Gasteiger partial charge >= 0.3 is 0 Å². The normalized spacial score (nSPS) is 20.9. The van der Waals surface area contributed by atoms with Crippen LogP contribution >= 0.6 is 11.3 Å². The Labute approximate surface area is 165 Å². The van der Waals surface area contributed by atoms with E-state index in [9.17, 15) is 5.11 Å². The Hall–Kier alpha value is -1.79. The largest absolute Gasteiger partial charge is 0.390 e. The molecule has 146 valence electrons. The van der Waals surface area contributed by atoms with E-state index >= 15 is 0 Å². The second-order valence-electron chi connectivity index (χ2n) is 8.21. The summed E-state index contributed by atoms with van der Waals surface area (Å²) < 4.78 is 1.15. The number of pyridine rings is 1. The van der Waals surface area contributed by atoms with Gasteiger partial charge < -0.3 is 10.4 Å². The molecule has 0 amide bonds. The van der Waals surface area contributed by atoms with Crippen molar-refractivity contribution in [3.05, 3.63) is 28.5 Å². The first-order valence-corrected chi connectivity index (χ1v) is 10.4.